The minimum absolute atomic E-state index is 0.0834. The molecule has 2 N–H and O–H groups in total. The highest BCUT2D eigenvalue weighted by molar-refractivity contribution is 5.73. The summed E-state index contributed by atoms with van der Waals surface area (Å²) in [6.45, 7) is 0.645. The molecule has 10 heteroatoms. The lowest BCUT2D eigenvalue weighted by molar-refractivity contribution is -0.137. The summed E-state index contributed by atoms with van der Waals surface area (Å²) in [6.07, 6.45) is -0.0358. The highest BCUT2D eigenvalue weighted by Gasteiger charge is 2.30. The Kier molecular flexibility index (Phi) is 4.42. The molecule has 7 nitrogen and oxygen atoms in total. The highest BCUT2D eigenvalue weighted by Crippen LogP contribution is 2.30. The lowest BCUT2D eigenvalue weighted by atomic mass is 10.1. The molecule has 0 aliphatic rings. The third-order valence-corrected chi connectivity index (χ3v) is 4.51. The van der Waals surface area contributed by atoms with Crippen LogP contribution in [0.1, 0.15) is 18.4 Å². The minimum atomic E-state index is -4.41. The summed E-state index contributed by atoms with van der Waals surface area (Å²) in [5.74, 6) is 0.274. The number of rotatable bonds is 5. The fourth-order valence-electron chi connectivity index (χ4n) is 3.04. The third kappa shape index (κ3) is 3.15. The number of imidazole rings is 2. The van der Waals surface area contributed by atoms with Crippen molar-refractivity contribution in [3.63, 3.8) is 0 Å². The lowest BCUT2D eigenvalue weighted by Crippen LogP contribution is -2.14. The van der Waals surface area contributed by atoms with E-state index in [1.807, 2.05) is 0 Å². The van der Waals surface area contributed by atoms with Crippen molar-refractivity contribution in [3.05, 3.63) is 52.7 Å². The zero-order valence-electron chi connectivity index (χ0n) is 14.6. The second kappa shape index (κ2) is 6.79. The van der Waals surface area contributed by atoms with Gasteiger partial charge in [-0.05, 0) is 30.5 Å². The number of halogens is 3. The molecule has 0 atom stereocenters. The van der Waals surface area contributed by atoms with E-state index >= 15 is 0 Å². The number of aromatic nitrogens is 5. The first kappa shape index (κ1) is 18.2. The van der Waals surface area contributed by atoms with Gasteiger partial charge in [0.1, 0.15) is 0 Å². The molecule has 0 saturated carbocycles. The van der Waals surface area contributed by atoms with Gasteiger partial charge in [0, 0.05) is 19.3 Å². The summed E-state index contributed by atoms with van der Waals surface area (Å²) in [4.78, 5) is 24.3. The van der Waals surface area contributed by atoms with E-state index in [-0.39, 0.29) is 23.5 Å². The molecule has 4 aromatic rings. The molecule has 0 bridgehead atoms. The van der Waals surface area contributed by atoms with E-state index in [4.69, 9.17) is 5.11 Å². The van der Waals surface area contributed by atoms with Gasteiger partial charge in [-0.2, -0.15) is 18.2 Å². The van der Waals surface area contributed by atoms with E-state index in [0.29, 0.717) is 36.3 Å². The van der Waals surface area contributed by atoms with Gasteiger partial charge in [-0.25, -0.2) is 9.38 Å². The van der Waals surface area contributed by atoms with Crippen molar-refractivity contribution in [2.45, 2.75) is 25.6 Å². The summed E-state index contributed by atoms with van der Waals surface area (Å²) in [6, 6.07) is 4.66. The maximum atomic E-state index is 12.7. The topological polar surface area (TPSA) is 88.2 Å². The number of alkyl halides is 3. The molecule has 0 unspecified atom stereocenters. The van der Waals surface area contributed by atoms with E-state index in [1.165, 1.54) is 29.1 Å². The molecule has 0 aliphatic carbocycles. The molecule has 0 amide bonds. The van der Waals surface area contributed by atoms with Crippen LogP contribution in [0.2, 0.25) is 0 Å². The normalized spacial score (nSPS) is 12.3. The van der Waals surface area contributed by atoms with Crippen LogP contribution in [0.5, 0.6) is 0 Å². The van der Waals surface area contributed by atoms with E-state index in [2.05, 4.69) is 15.0 Å². The Balaban J connectivity index is 1.75. The molecule has 0 radical (unpaired) electrons. The number of nitrogens with one attached hydrogen (secondary N) is 1. The third-order valence-electron chi connectivity index (χ3n) is 4.51. The Morgan fingerprint density at radius 2 is 1.89 bits per heavy atom. The summed E-state index contributed by atoms with van der Waals surface area (Å²) in [7, 11) is 0. The number of unbranched alkanes of at least 4 members (excludes halogenated alkanes) is 1. The molecule has 4 rings (SSSR count). The van der Waals surface area contributed by atoms with Crippen LogP contribution in [0, 0.1) is 0 Å². The molecule has 0 saturated heterocycles. The summed E-state index contributed by atoms with van der Waals surface area (Å²) in [5, 5.41) is 8.91. The maximum absolute atomic E-state index is 12.7. The Labute approximate surface area is 156 Å². The van der Waals surface area contributed by atoms with Crippen LogP contribution < -0.4 is 5.56 Å². The van der Waals surface area contributed by atoms with Gasteiger partial charge >= 0.3 is 6.18 Å². The molecule has 3 aromatic heterocycles. The number of aromatic amines is 1. The number of benzene rings is 1. The van der Waals surface area contributed by atoms with Gasteiger partial charge in [-0.3, -0.25) is 4.79 Å². The second-order valence-electron chi connectivity index (χ2n) is 6.39. The quantitative estimate of drug-likeness (QED) is 0.512. The average molecular weight is 391 g/mol. The predicted molar refractivity (Wildman–Crippen MR) is 95.9 cm³/mol. The maximum Gasteiger partial charge on any atom is 0.416 e. The minimum Gasteiger partial charge on any atom is -0.396 e. The Morgan fingerprint density at radius 3 is 2.57 bits per heavy atom. The fraction of sp³-hybridized carbons (Fsp3) is 0.278. The van der Waals surface area contributed by atoms with E-state index in [1.54, 1.807) is 4.57 Å². The number of H-pyrrole nitrogens is 1. The first-order valence-electron chi connectivity index (χ1n) is 8.63. The molecule has 0 spiro atoms. The lowest BCUT2D eigenvalue weighted by Gasteiger charge is -2.06. The van der Waals surface area contributed by atoms with Gasteiger partial charge in [0.25, 0.3) is 5.56 Å². The first-order valence-corrected chi connectivity index (χ1v) is 8.63. The van der Waals surface area contributed by atoms with Crippen molar-refractivity contribution in [3.8, 4) is 11.3 Å². The Bertz CT molecular complexity index is 1190. The summed E-state index contributed by atoms with van der Waals surface area (Å²) >= 11 is 0. The van der Waals surface area contributed by atoms with Gasteiger partial charge in [-0.15, -0.1) is 0 Å². The van der Waals surface area contributed by atoms with Crippen LogP contribution in [0.15, 0.2) is 41.6 Å². The SMILES string of the molecule is O=c1c2ncn(CCCCO)c2nc2[nH]c(-c3ccc(C(F)(F)F)cc3)cn12. The molecule has 0 fully saturated rings. The molecule has 146 valence electrons. The van der Waals surface area contributed by atoms with E-state index < -0.39 is 11.7 Å². The van der Waals surface area contributed by atoms with Crippen LogP contribution in [0.3, 0.4) is 0 Å². The first-order chi connectivity index (χ1) is 13.4. The Morgan fingerprint density at radius 1 is 1.14 bits per heavy atom. The predicted octanol–water partition coefficient (Wildman–Crippen LogP) is 2.83. The van der Waals surface area contributed by atoms with Crippen LogP contribution in [0.25, 0.3) is 28.2 Å². The number of aliphatic hydroxyl groups is 1. The monoisotopic (exact) mass is 391 g/mol. The smallest absolute Gasteiger partial charge is 0.396 e. The number of fused-ring (bicyclic) bond motifs is 2. The number of hydrogen-bond donors (Lipinski definition) is 2. The summed E-state index contributed by atoms with van der Waals surface area (Å²) in [5.41, 5.74) is 0.493. The number of aliphatic hydroxyl groups excluding tert-OH is 1. The second-order valence-corrected chi connectivity index (χ2v) is 6.39. The van der Waals surface area contributed by atoms with Crippen molar-refractivity contribution < 1.29 is 18.3 Å². The van der Waals surface area contributed by atoms with Crippen molar-refractivity contribution in [1.29, 1.82) is 0 Å². The largest absolute Gasteiger partial charge is 0.416 e. The van der Waals surface area contributed by atoms with Gasteiger partial charge in [0.15, 0.2) is 11.2 Å². The van der Waals surface area contributed by atoms with Crippen molar-refractivity contribution in [2.24, 2.45) is 0 Å². The standard InChI is InChI=1S/C18H16F3N5O2/c19-18(20,21)12-5-3-11(4-6-12)13-9-26-16(28)14-15(24-17(26)23-13)25(10-22-14)7-1-2-8-27/h3-6,9-10,27H,1-2,7-8H2,(H,23,24). The van der Waals surface area contributed by atoms with Crippen LogP contribution >= 0.6 is 0 Å². The van der Waals surface area contributed by atoms with E-state index in [9.17, 15) is 18.0 Å². The van der Waals surface area contributed by atoms with Crippen molar-refractivity contribution >= 4 is 16.9 Å². The van der Waals surface area contributed by atoms with Crippen LogP contribution in [-0.4, -0.2) is 35.6 Å². The van der Waals surface area contributed by atoms with Crippen molar-refractivity contribution in [1.82, 2.24) is 23.9 Å². The van der Waals surface area contributed by atoms with Crippen molar-refractivity contribution in [2.75, 3.05) is 6.61 Å². The molecule has 3 heterocycles. The van der Waals surface area contributed by atoms with Gasteiger partial charge in [-0.1, -0.05) is 12.1 Å². The molecule has 28 heavy (non-hydrogen) atoms. The zero-order chi connectivity index (χ0) is 19.9. The molecular weight excluding hydrogens is 375 g/mol. The average Bonchev–Trinajstić information content (AvgIpc) is 3.27. The highest BCUT2D eigenvalue weighted by atomic mass is 19.4. The number of aryl methyl sites for hydroxylation is 1. The van der Waals surface area contributed by atoms with Gasteiger partial charge in [0.2, 0.25) is 5.78 Å². The summed E-state index contributed by atoms with van der Waals surface area (Å²) < 4.78 is 41.2. The molecule has 1 aromatic carbocycles. The zero-order valence-corrected chi connectivity index (χ0v) is 14.6. The Hall–Kier alpha value is -3.14. The van der Waals surface area contributed by atoms with Gasteiger partial charge < -0.3 is 14.7 Å². The van der Waals surface area contributed by atoms with Crippen LogP contribution in [-0.2, 0) is 12.7 Å². The van der Waals surface area contributed by atoms with Gasteiger partial charge in [0.05, 0.1) is 17.6 Å². The number of hydrogen-bond acceptors (Lipinski definition) is 4. The van der Waals surface area contributed by atoms with E-state index in [0.717, 1.165) is 12.1 Å². The number of nitrogens with zero attached hydrogens (tertiary/aromatic N) is 4. The molecule has 0 aliphatic heterocycles. The molecular formula is C18H16F3N5O2. The van der Waals surface area contributed by atoms with Crippen LogP contribution in [0.4, 0.5) is 13.2 Å². The fourth-order valence-corrected chi connectivity index (χ4v) is 3.04.